The summed E-state index contributed by atoms with van der Waals surface area (Å²) in [4.78, 5) is 0. The molecular formula is C18H28P2. The van der Waals surface area contributed by atoms with Crippen LogP contribution in [0.2, 0.25) is 0 Å². The second-order valence-corrected chi connectivity index (χ2v) is 16.7. The molecule has 0 radical (unpaired) electrons. The molecule has 2 aromatic carbocycles. The Bertz CT molecular complexity index is 478. The maximum absolute atomic E-state index is 2.51. The van der Waals surface area contributed by atoms with E-state index in [1.165, 1.54) is 12.3 Å². The van der Waals surface area contributed by atoms with Crippen LogP contribution in [0.3, 0.4) is 0 Å². The van der Waals surface area contributed by atoms with E-state index in [-0.39, 0.29) is 0 Å². The van der Waals surface area contributed by atoms with Gasteiger partial charge in [-0.2, -0.15) is 0 Å². The molecule has 0 bridgehead atoms. The van der Waals surface area contributed by atoms with Crippen molar-refractivity contribution in [1.29, 1.82) is 0 Å². The molecule has 0 heterocycles. The van der Waals surface area contributed by atoms with Gasteiger partial charge in [-0.15, -0.1) is 0 Å². The Morgan fingerprint density at radius 3 is 1.15 bits per heavy atom. The Morgan fingerprint density at radius 1 is 0.550 bits per heavy atom. The fourth-order valence-corrected chi connectivity index (χ4v) is 10.5. The fourth-order valence-electron chi connectivity index (χ4n) is 2.69. The van der Waals surface area contributed by atoms with Gasteiger partial charge in [-0.3, -0.25) is 0 Å². The molecular weight excluding hydrogens is 278 g/mol. The van der Waals surface area contributed by atoms with Gasteiger partial charge in [-0.25, -0.2) is 0 Å². The third kappa shape index (κ3) is 3.91. The van der Waals surface area contributed by atoms with Crippen molar-refractivity contribution in [3.8, 4) is 0 Å². The predicted octanol–water partition coefficient (Wildman–Crippen LogP) is 3.66. The molecule has 0 aliphatic rings. The van der Waals surface area contributed by atoms with Gasteiger partial charge in [0.1, 0.15) is 0 Å². The average molecular weight is 306 g/mol. The monoisotopic (exact) mass is 306 g/mol. The molecule has 2 heteroatoms. The summed E-state index contributed by atoms with van der Waals surface area (Å²) in [6.07, 6.45) is 2.79. The summed E-state index contributed by atoms with van der Waals surface area (Å²) in [5.74, 6) is 0. The molecule has 0 aromatic heterocycles. The number of benzene rings is 2. The molecule has 0 N–H and O–H groups in total. The third-order valence-electron chi connectivity index (χ3n) is 4.49. The summed E-state index contributed by atoms with van der Waals surface area (Å²) in [7, 11) is -2.57. The van der Waals surface area contributed by atoms with Crippen molar-refractivity contribution in [3.05, 3.63) is 60.7 Å². The first-order valence-electron chi connectivity index (χ1n) is 7.53. The molecule has 0 saturated heterocycles. The molecule has 2 rings (SSSR count). The number of hydrogen-bond donors (Lipinski definition) is 0. The van der Waals surface area contributed by atoms with Gasteiger partial charge in [-0.05, 0) is 0 Å². The van der Waals surface area contributed by atoms with E-state index >= 15 is 0 Å². The minimum absolute atomic E-state index is 1.29. The standard InChI is InChI=1S/C18H28P2/c1-19(2,17-11-7-5-8-12-17)15-16-20(3,4)18-13-9-6-10-14-18/h5-14,19-20H,15-16H2,1-4H3. The molecule has 0 unspecified atom stereocenters. The zero-order chi connectivity index (χ0) is 14.6. The molecule has 110 valence electrons. The van der Waals surface area contributed by atoms with Gasteiger partial charge in [0.05, 0.1) is 0 Å². The SMILES string of the molecule is C[PH](C)(CC[PH](C)(C)c1ccccc1)c1ccccc1. The summed E-state index contributed by atoms with van der Waals surface area (Å²) in [6, 6.07) is 22.3. The Balaban J connectivity index is 2.08. The van der Waals surface area contributed by atoms with Crippen molar-refractivity contribution < 1.29 is 0 Å². The topological polar surface area (TPSA) is 0 Å². The van der Waals surface area contributed by atoms with Crippen LogP contribution in [0, 0.1) is 0 Å². The van der Waals surface area contributed by atoms with E-state index in [0.717, 1.165) is 0 Å². The van der Waals surface area contributed by atoms with Gasteiger partial charge in [0.15, 0.2) is 0 Å². The molecule has 0 saturated carbocycles. The Kier molecular flexibility index (Phi) is 5.00. The van der Waals surface area contributed by atoms with Gasteiger partial charge in [0, 0.05) is 0 Å². The maximum atomic E-state index is 2.51. The molecule has 0 fully saturated rings. The molecule has 0 aliphatic heterocycles. The number of hydrogen-bond acceptors (Lipinski definition) is 0. The molecule has 0 aliphatic carbocycles. The molecule has 2 aromatic rings. The van der Waals surface area contributed by atoms with Crippen molar-refractivity contribution in [2.75, 3.05) is 39.0 Å². The normalized spacial score (nSPS) is 14.0. The molecule has 0 nitrogen and oxygen atoms in total. The van der Waals surface area contributed by atoms with Gasteiger partial charge in [0.25, 0.3) is 0 Å². The van der Waals surface area contributed by atoms with E-state index in [2.05, 4.69) is 87.3 Å². The fraction of sp³-hybridized carbons (Fsp3) is 0.333. The van der Waals surface area contributed by atoms with E-state index in [4.69, 9.17) is 0 Å². The molecule has 0 atom stereocenters. The average Bonchev–Trinajstić information content (AvgIpc) is 2.47. The summed E-state index contributed by atoms with van der Waals surface area (Å²) in [5.41, 5.74) is 0. The summed E-state index contributed by atoms with van der Waals surface area (Å²) >= 11 is 0. The van der Waals surface area contributed by atoms with E-state index in [1.54, 1.807) is 10.6 Å². The van der Waals surface area contributed by atoms with Gasteiger partial charge < -0.3 is 0 Å². The summed E-state index contributed by atoms with van der Waals surface area (Å²) in [6.45, 7) is 10.0. The summed E-state index contributed by atoms with van der Waals surface area (Å²) in [5, 5.41) is 3.19. The molecule has 20 heavy (non-hydrogen) atoms. The molecule has 0 amide bonds. The van der Waals surface area contributed by atoms with Crippen molar-refractivity contribution in [3.63, 3.8) is 0 Å². The Hall–Kier alpha value is -0.700. The first-order chi connectivity index (χ1) is 9.42. The second-order valence-electron chi connectivity index (χ2n) is 7.00. The molecule has 0 spiro atoms. The first-order valence-corrected chi connectivity index (χ1v) is 13.9. The van der Waals surface area contributed by atoms with Crippen molar-refractivity contribution >= 4 is 25.1 Å². The van der Waals surface area contributed by atoms with E-state index in [1.807, 2.05) is 0 Å². The second kappa shape index (κ2) is 6.38. The van der Waals surface area contributed by atoms with E-state index in [9.17, 15) is 0 Å². The number of rotatable bonds is 5. The quantitative estimate of drug-likeness (QED) is 0.740. The zero-order valence-corrected chi connectivity index (χ0v) is 15.2. The van der Waals surface area contributed by atoms with Gasteiger partial charge in [-0.1, -0.05) is 0 Å². The van der Waals surface area contributed by atoms with E-state index in [0.29, 0.717) is 0 Å². The van der Waals surface area contributed by atoms with Gasteiger partial charge in [0.2, 0.25) is 0 Å². The summed E-state index contributed by atoms with van der Waals surface area (Å²) < 4.78 is 0. The van der Waals surface area contributed by atoms with Crippen LogP contribution in [0.5, 0.6) is 0 Å². The van der Waals surface area contributed by atoms with Crippen LogP contribution in [0.1, 0.15) is 0 Å². The van der Waals surface area contributed by atoms with Gasteiger partial charge >= 0.3 is 125 Å². The van der Waals surface area contributed by atoms with Crippen LogP contribution < -0.4 is 10.6 Å². The minimum atomic E-state index is -1.29. The Labute approximate surface area is 125 Å². The van der Waals surface area contributed by atoms with Crippen molar-refractivity contribution in [2.24, 2.45) is 0 Å². The Morgan fingerprint density at radius 2 is 0.850 bits per heavy atom. The van der Waals surface area contributed by atoms with Crippen LogP contribution in [0.15, 0.2) is 60.7 Å². The predicted molar refractivity (Wildman–Crippen MR) is 102 cm³/mol. The first kappa shape index (κ1) is 15.7. The van der Waals surface area contributed by atoms with Crippen LogP contribution >= 0.6 is 14.5 Å². The third-order valence-corrected chi connectivity index (χ3v) is 11.8. The van der Waals surface area contributed by atoms with E-state index < -0.39 is 14.5 Å². The van der Waals surface area contributed by atoms with Crippen LogP contribution in [-0.2, 0) is 0 Å². The van der Waals surface area contributed by atoms with Crippen LogP contribution in [0.25, 0.3) is 0 Å². The van der Waals surface area contributed by atoms with Crippen LogP contribution in [-0.4, -0.2) is 39.0 Å². The van der Waals surface area contributed by atoms with Crippen molar-refractivity contribution in [2.45, 2.75) is 0 Å². The zero-order valence-electron chi connectivity index (χ0n) is 13.2. The van der Waals surface area contributed by atoms with Crippen LogP contribution in [0.4, 0.5) is 0 Å². The van der Waals surface area contributed by atoms with Crippen molar-refractivity contribution in [1.82, 2.24) is 0 Å².